The molecular weight excluding hydrogens is 530 g/mol. The number of nitrogens with zero attached hydrogens (tertiary/aromatic N) is 5. The summed E-state index contributed by atoms with van der Waals surface area (Å²) >= 11 is 1.18. The van der Waals surface area contributed by atoms with Crippen molar-refractivity contribution >= 4 is 33.0 Å². The lowest BCUT2D eigenvalue weighted by molar-refractivity contribution is 0.0503. The number of carbonyl (C=O) groups excluding carboxylic acids is 1. The van der Waals surface area contributed by atoms with E-state index in [4.69, 9.17) is 9.47 Å². The quantitative estimate of drug-likeness (QED) is 0.398. The Balaban J connectivity index is 0.000000417. The number of thiazole rings is 1. The molecule has 38 heavy (non-hydrogen) atoms. The summed E-state index contributed by atoms with van der Waals surface area (Å²) in [5.74, 6) is 0.0404. The van der Waals surface area contributed by atoms with Crippen LogP contribution >= 0.6 is 11.3 Å². The van der Waals surface area contributed by atoms with Crippen LogP contribution in [0.1, 0.15) is 35.3 Å². The molecule has 1 aliphatic carbocycles. The lowest BCUT2D eigenvalue weighted by Gasteiger charge is -2.21. The number of ether oxygens (including phenoxy) is 2. The van der Waals surface area contributed by atoms with E-state index in [-0.39, 0.29) is 22.7 Å². The van der Waals surface area contributed by atoms with Gasteiger partial charge in [-0.3, -0.25) is 19.5 Å². The Bertz CT molecular complexity index is 1320. The molecule has 1 saturated carbocycles. The van der Waals surface area contributed by atoms with Crippen LogP contribution in [0.5, 0.6) is 5.88 Å². The van der Waals surface area contributed by atoms with Gasteiger partial charge < -0.3 is 19.7 Å². The first kappa shape index (κ1) is 27.8. The fraction of sp³-hybridized carbons (Fsp3) is 0.458. The number of anilines is 1. The average Bonchev–Trinajstić information content (AvgIpc) is 3.67. The van der Waals surface area contributed by atoms with Crippen molar-refractivity contribution in [2.45, 2.75) is 31.6 Å². The van der Waals surface area contributed by atoms with Gasteiger partial charge in [-0.05, 0) is 38.9 Å². The van der Waals surface area contributed by atoms with Gasteiger partial charge in [0, 0.05) is 25.5 Å². The molecule has 1 saturated heterocycles. The minimum atomic E-state index is -3.36. The zero-order valence-electron chi connectivity index (χ0n) is 21.3. The number of amides is 1. The molecule has 2 N–H and O–H groups in total. The van der Waals surface area contributed by atoms with Crippen molar-refractivity contribution in [1.29, 1.82) is 0 Å². The summed E-state index contributed by atoms with van der Waals surface area (Å²) in [6.07, 6.45) is 7.52. The van der Waals surface area contributed by atoms with E-state index in [0.717, 1.165) is 26.3 Å². The number of sulfonamides is 1. The van der Waals surface area contributed by atoms with Gasteiger partial charge in [0.2, 0.25) is 15.9 Å². The monoisotopic (exact) mass is 561 g/mol. The van der Waals surface area contributed by atoms with Crippen molar-refractivity contribution in [2.75, 3.05) is 44.7 Å². The Kier molecular flexibility index (Phi) is 9.55. The van der Waals surface area contributed by atoms with Crippen LogP contribution in [-0.4, -0.2) is 84.4 Å². The standard InChI is InChI=1S/C19H20N6O4S2.C5H11NO/c1-2-29-17-11-20-9-15(24-17)16-10-23-19(30-16)18(26)22-8-13-7-12(5-6-21-13)25-31(27,28)14-3-4-14;1-6-2-4-7-5-3-6/h5-7,9-11,14H,2-4,8H2,1H3,(H,21,25)(H,22,26);2-5H2,1H3. The molecule has 0 spiro atoms. The number of likely N-dealkylation sites (N-methyl/N-ethyl adjacent to an activating group) is 1. The minimum Gasteiger partial charge on any atom is -0.477 e. The summed E-state index contributed by atoms with van der Waals surface area (Å²) in [5, 5.41) is 2.70. The van der Waals surface area contributed by atoms with Gasteiger partial charge in [-0.1, -0.05) is 0 Å². The van der Waals surface area contributed by atoms with Crippen LogP contribution in [-0.2, 0) is 21.3 Å². The molecule has 5 rings (SSSR count). The summed E-state index contributed by atoms with van der Waals surface area (Å²) in [7, 11) is -1.24. The summed E-state index contributed by atoms with van der Waals surface area (Å²) < 4.78 is 37.2. The van der Waals surface area contributed by atoms with Gasteiger partial charge >= 0.3 is 0 Å². The first-order chi connectivity index (χ1) is 18.3. The third-order valence-corrected chi connectivity index (χ3v) is 8.45. The molecule has 1 aliphatic heterocycles. The molecule has 204 valence electrons. The van der Waals surface area contributed by atoms with Crippen molar-refractivity contribution in [2.24, 2.45) is 0 Å². The second-order valence-electron chi connectivity index (χ2n) is 8.69. The van der Waals surface area contributed by atoms with Gasteiger partial charge in [0.05, 0.1) is 60.3 Å². The highest BCUT2D eigenvalue weighted by atomic mass is 32.2. The third-order valence-electron chi connectivity index (χ3n) is 5.56. The highest BCUT2D eigenvalue weighted by Crippen LogP contribution is 2.29. The van der Waals surface area contributed by atoms with Crippen molar-refractivity contribution in [1.82, 2.24) is 30.2 Å². The first-order valence-electron chi connectivity index (χ1n) is 12.3. The Hall–Kier alpha value is -3.20. The summed E-state index contributed by atoms with van der Waals surface area (Å²) in [6, 6.07) is 3.18. The second-order valence-corrected chi connectivity index (χ2v) is 11.7. The number of hydrogen-bond acceptors (Lipinski definition) is 11. The molecular formula is C24H31N7O5S2. The van der Waals surface area contributed by atoms with E-state index in [9.17, 15) is 13.2 Å². The number of hydrogen-bond donors (Lipinski definition) is 2. The van der Waals surface area contributed by atoms with Crippen LogP contribution in [0.25, 0.3) is 10.6 Å². The number of nitrogens with one attached hydrogen (secondary N) is 2. The zero-order valence-corrected chi connectivity index (χ0v) is 22.9. The maximum Gasteiger partial charge on any atom is 0.280 e. The molecule has 14 heteroatoms. The molecule has 3 aromatic rings. The molecule has 0 radical (unpaired) electrons. The van der Waals surface area contributed by atoms with Crippen LogP contribution in [0.3, 0.4) is 0 Å². The normalized spacial score (nSPS) is 15.7. The number of pyridine rings is 1. The summed E-state index contributed by atoms with van der Waals surface area (Å²) in [4.78, 5) is 32.2. The molecule has 0 aromatic carbocycles. The Labute approximate surface area is 225 Å². The Morgan fingerprint density at radius 2 is 2.00 bits per heavy atom. The number of aromatic nitrogens is 4. The highest BCUT2D eigenvalue weighted by Gasteiger charge is 2.35. The molecule has 3 aromatic heterocycles. The van der Waals surface area contributed by atoms with Crippen molar-refractivity contribution in [3.8, 4) is 16.5 Å². The second kappa shape index (κ2) is 13.0. The fourth-order valence-corrected chi connectivity index (χ4v) is 5.51. The minimum absolute atomic E-state index is 0.131. The SMILES string of the molecule is CCOc1cncc(-c2cnc(C(=O)NCc3cc(NS(=O)(=O)C4CC4)ccn3)s2)n1.CN1CCOCC1. The van der Waals surface area contributed by atoms with Gasteiger partial charge in [0.15, 0.2) is 5.01 Å². The van der Waals surface area contributed by atoms with Gasteiger partial charge in [-0.25, -0.2) is 18.4 Å². The van der Waals surface area contributed by atoms with E-state index >= 15 is 0 Å². The average molecular weight is 562 g/mol. The molecule has 1 amide bonds. The maximum absolute atomic E-state index is 12.5. The third kappa shape index (κ3) is 8.15. The molecule has 2 aliphatic rings. The van der Waals surface area contributed by atoms with Crippen LogP contribution in [0, 0.1) is 0 Å². The van der Waals surface area contributed by atoms with Gasteiger partial charge in [0.25, 0.3) is 5.91 Å². The van der Waals surface area contributed by atoms with Crippen LogP contribution in [0.15, 0.2) is 36.9 Å². The van der Waals surface area contributed by atoms with E-state index in [0.29, 0.717) is 47.3 Å². The molecule has 0 unspecified atom stereocenters. The van der Waals surface area contributed by atoms with E-state index in [2.05, 4.69) is 41.9 Å². The van der Waals surface area contributed by atoms with E-state index in [1.807, 2.05) is 6.92 Å². The van der Waals surface area contributed by atoms with Crippen molar-refractivity contribution < 1.29 is 22.7 Å². The van der Waals surface area contributed by atoms with E-state index < -0.39 is 10.0 Å². The van der Waals surface area contributed by atoms with Crippen LogP contribution in [0.2, 0.25) is 0 Å². The lowest BCUT2D eigenvalue weighted by atomic mass is 10.3. The molecule has 12 nitrogen and oxygen atoms in total. The van der Waals surface area contributed by atoms with Gasteiger partial charge in [0.1, 0.15) is 5.69 Å². The summed E-state index contributed by atoms with van der Waals surface area (Å²) in [6.45, 7) is 6.49. The van der Waals surface area contributed by atoms with E-state index in [1.54, 1.807) is 24.5 Å². The fourth-order valence-electron chi connectivity index (χ4n) is 3.35. The lowest BCUT2D eigenvalue weighted by Crippen LogP contribution is -2.32. The summed E-state index contributed by atoms with van der Waals surface area (Å²) in [5.41, 5.74) is 1.52. The largest absolute Gasteiger partial charge is 0.477 e. The topological polar surface area (TPSA) is 149 Å². The van der Waals surface area contributed by atoms with Gasteiger partial charge in [-0.2, -0.15) is 0 Å². The maximum atomic E-state index is 12.5. The number of rotatable bonds is 9. The molecule has 0 bridgehead atoms. The van der Waals surface area contributed by atoms with Crippen molar-refractivity contribution in [3.63, 3.8) is 0 Å². The van der Waals surface area contributed by atoms with E-state index in [1.165, 1.54) is 23.7 Å². The van der Waals surface area contributed by atoms with Crippen LogP contribution in [0.4, 0.5) is 5.69 Å². The highest BCUT2D eigenvalue weighted by molar-refractivity contribution is 7.93. The van der Waals surface area contributed by atoms with Crippen LogP contribution < -0.4 is 14.8 Å². The predicted molar refractivity (Wildman–Crippen MR) is 144 cm³/mol. The molecule has 0 atom stereocenters. The first-order valence-corrected chi connectivity index (χ1v) is 14.6. The Morgan fingerprint density at radius 1 is 1.21 bits per heavy atom. The molecule has 4 heterocycles. The van der Waals surface area contributed by atoms with Gasteiger partial charge in [-0.15, -0.1) is 11.3 Å². The number of carbonyl (C=O) groups is 1. The smallest absolute Gasteiger partial charge is 0.280 e. The van der Waals surface area contributed by atoms with Crippen molar-refractivity contribution in [3.05, 3.63) is 47.6 Å². The Morgan fingerprint density at radius 3 is 2.68 bits per heavy atom. The predicted octanol–water partition coefficient (Wildman–Crippen LogP) is 2.18. The zero-order chi connectivity index (χ0) is 27.0. The number of morpholine rings is 1. The molecule has 2 fully saturated rings.